The van der Waals surface area contributed by atoms with Crippen LogP contribution in [-0.2, 0) is 30.0 Å². The second kappa shape index (κ2) is 9.01. The van der Waals surface area contributed by atoms with E-state index in [1.165, 1.54) is 0 Å². The van der Waals surface area contributed by atoms with Crippen LogP contribution in [0.3, 0.4) is 0 Å². The molecule has 2 aliphatic rings. The topological polar surface area (TPSA) is 80.4 Å². The summed E-state index contributed by atoms with van der Waals surface area (Å²) in [6, 6.07) is 6.96. The van der Waals surface area contributed by atoms with Crippen LogP contribution in [0.25, 0.3) is 0 Å². The molecule has 0 saturated carbocycles. The quantitative estimate of drug-likeness (QED) is 0.605. The van der Waals surface area contributed by atoms with E-state index in [1.54, 1.807) is 28.9 Å². The lowest BCUT2D eigenvalue weighted by molar-refractivity contribution is 0.0585. The summed E-state index contributed by atoms with van der Waals surface area (Å²) >= 11 is 11.5. The van der Waals surface area contributed by atoms with Crippen molar-refractivity contribution in [3.63, 3.8) is 0 Å². The second-order valence-corrected chi connectivity index (χ2v) is 11.3. The maximum Gasteiger partial charge on any atom is 0.253 e. The highest BCUT2D eigenvalue weighted by Crippen LogP contribution is 2.22. The monoisotopic (exact) mass is 483 g/mol. The Hall–Kier alpha value is -1.75. The molecule has 4 rings (SSSR count). The molecule has 1 aromatic carbocycles. The van der Waals surface area contributed by atoms with E-state index in [4.69, 9.17) is 23.8 Å². The minimum Gasteiger partial charge on any atom is -0.336 e. The van der Waals surface area contributed by atoms with Crippen LogP contribution in [0.2, 0.25) is 5.02 Å². The van der Waals surface area contributed by atoms with Crippen LogP contribution < -0.4 is 0 Å². The first-order valence-corrected chi connectivity index (χ1v) is 12.9. The maximum absolute atomic E-state index is 12.7. The average Bonchev–Trinajstić information content (AvgIpc) is 3.22. The Balaban J connectivity index is 1.35. The summed E-state index contributed by atoms with van der Waals surface area (Å²) in [6.07, 6.45) is 1.31. The first-order valence-electron chi connectivity index (χ1n) is 10.3. The molecule has 2 fully saturated rings. The Kier molecular flexibility index (Phi) is 6.52. The van der Waals surface area contributed by atoms with Crippen molar-refractivity contribution in [3.8, 4) is 0 Å². The van der Waals surface area contributed by atoms with Crippen molar-refractivity contribution in [2.75, 3.05) is 37.7 Å². The van der Waals surface area contributed by atoms with Crippen molar-refractivity contribution in [1.29, 1.82) is 0 Å². The van der Waals surface area contributed by atoms with Crippen molar-refractivity contribution < 1.29 is 13.2 Å². The zero-order valence-electron chi connectivity index (χ0n) is 17.4. The van der Waals surface area contributed by atoms with E-state index in [-0.39, 0.29) is 23.3 Å². The Morgan fingerprint density at radius 1 is 1.19 bits per heavy atom. The van der Waals surface area contributed by atoms with Gasteiger partial charge in [-0.15, -0.1) is 0 Å². The van der Waals surface area contributed by atoms with Gasteiger partial charge in [-0.2, -0.15) is 5.10 Å². The summed E-state index contributed by atoms with van der Waals surface area (Å²) in [5, 5.41) is 5.28. The number of aromatic nitrogens is 3. The zero-order chi connectivity index (χ0) is 22.2. The van der Waals surface area contributed by atoms with Gasteiger partial charge in [0.25, 0.3) is 5.91 Å². The first kappa shape index (κ1) is 22.4. The molecular weight excluding hydrogens is 458 g/mol. The molecule has 0 N–H and O–H groups in total. The first-order chi connectivity index (χ1) is 14.7. The summed E-state index contributed by atoms with van der Waals surface area (Å²) in [5.41, 5.74) is 0.642. The van der Waals surface area contributed by atoms with Crippen molar-refractivity contribution in [3.05, 3.63) is 45.4 Å². The number of hydrogen-bond donors (Lipinski definition) is 0. The Morgan fingerprint density at radius 3 is 2.48 bits per heavy atom. The summed E-state index contributed by atoms with van der Waals surface area (Å²) in [7, 11) is -1.02. The van der Waals surface area contributed by atoms with Gasteiger partial charge in [0, 0.05) is 50.2 Å². The van der Waals surface area contributed by atoms with E-state index in [1.807, 2.05) is 16.5 Å². The van der Waals surface area contributed by atoms with E-state index in [0.717, 1.165) is 18.9 Å². The van der Waals surface area contributed by atoms with Crippen molar-refractivity contribution in [1.82, 2.24) is 24.1 Å². The third kappa shape index (κ3) is 5.19. The molecule has 168 valence electrons. The lowest BCUT2D eigenvalue weighted by Gasteiger charge is -2.34. The number of carbonyl (C=O) groups is 1. The number of rotatable bonds is 5. The van der Waals surface area contributed by atoms with Gasteiger partial charge in [-0.1, -0.05) is 11.6 Å². The number of benzene rings is 1. The van der Waals surface area contributed by atoms with E-state index in [2.05, 4.69) is 10.00 Å². The summed E-state index contributed by atoms with van der Waals surface area (Å²) in [5.74, 6) is 1.44. The highest BCUT2D eigenvalue weighted by Gasteiger charge is 2.29. The summed E-state index contributed by atoms with van der Waals surface area (Å²) in [4.78, 5) is 16.7. The fourth-order valence-corrected chi connectivity index (χ4v) is 6.34. The summed E-state index contributed by atoms with van der Waals surface area (Å²) < 4.78 is 27.8. The molecule has 2 saturated heterocycles. The fourth-order valence-electron chi connectivity index (χ4n) is 4.15. The number of piperazine rings is 1. The minimum absolute atomic E-state index is 0.0135. The van der Waals surface area contributed by atoms with Gasteiger partial charge in [0.1, 0.15) is 5.82 Å². The van der Waals surface area contributed by atoms with Gasteiger partial charge in [0.2, 0.25) is 0 Å². The van der Waals surface area contributed by atoms with Gasteiger partial charge in [-0.05, 0) is 48.8 Å². The van der Waals surface area contributed by atoms with E-state index >= 15 is 0 Å². The number of sulfone groups is 1. The van der Waals surface area contributed by atoms with Gasteiger partial charge < -0.3 is 9.47 Å². The van der Waals surface area contributed by atoms with Gasteiger partial charge in [0.15, 0.2) is 14.6 Å². The molecule has 1 atom stereocenters. The van der Waals surface area contributed by atoms with Gasteiger partial charge in [0.05, 0.1) is 18.2 Å². The third-order valence-corrected chi connectivity index (χ3v) is 8.59. The van der Waals surface area contributed by atoms with Gasteiger partial charge in [-0.3, -0.25) is 9.69 Å². The lowest BCUT2D eigenvalue weighted by atomic mass is 10.1. The van der Waals surface area contributed by atoms with Crippen molar-refractivity contribution in [2.24, 2.45) is 13.0 Å². The highest BCUT2D eigenvalue weighted by molar-refractivity contribution is 7.91. The maximum atomic E-state index is 12.7. The van der Waals surface area contributed by atoms with Gasteiger partial charge >= 0.3 is 0 Å². The van der Waals surface area contributed by atoms with E-state index < -0.39 is 9.84 Å². The largest absolute Gasteiger partial charge is 0.336 e. The van der Waals surface area contributed by atoms with Crippen LogP contribution in [0.1, 0.15) is 22.6 Å². The number of nitrogens with zero attached hydrogens (tertiary/aromatic N) is 5. The molecule has 1 unspecified atom stereocenters. The molecule has 0 aliphatic carbocycles. The van der Waals surface area contributed by atoms with Crippen molar-refractivity contribution in [2.45, 2.75) is 19.5 Å². The van der Waals surface area contributed by atoms with Crippen LogP contribution >= 0.6 is 23.8 Å². The predicted octanol–water partition coefficient (Wildman–Crippen LogP) is 2.00. The molecule has 0 spiro atoms. The van der Waals surface area contributed by atoms with Crippen LogP contribution in [0.4, 0.5) is 0 Å². The SMILES string of the molecule is Cn1c(CC2CCS(=O)(=O)C2)nn(CN2CCN(C(=O)c3ccc(Cl)cc3)CC2)c1=S. The lowest BCUT2D eigenvalue weighted by Crippen LogP contribution is -2.49. The molecule has 8 nitrogen and oxygen atoms in total. The predicted molar refractivity (Wildman–Crippen MR) is 121 cm³/mol. The zero-order valence-corrected chi connectivity index (χ0v) is 19.8. The molecule has 2 aliphatic heterocycles. The molecule has 1 aromatic heterocycles. The minimum atomic E-state index is -2.91. The number of halogens is 1. The molecule has 11 heteroatoms. The van der Waals surface area contributed by atoms with Gasteiger partial charge in [-0.25, -0.2) is 13.1 Å². The summed E-state index contributed by atoms with van der Waals surface area (Å²) in [6.45, 7) is 3.28. The number of hydrogen-bond acceptors (Lipinski definition) is 6. The standard InChI is InChI=1S/C20H26ClN5O3S2/c1-23-18(12-15-6-11-31(28,29)13-15)22-26(20(23)30)14-24-7-9-25(10-8-24)19(27)16-2-4-17(21)5-3-16/h2-5,15H,6-14H2,1H3. The fraction of sp³-hybridized carbons (Fsp3) is 0.550. The normalized spacial score (nSPS) is 21.5. The smallest absolute Gasteiger partial charge is 0.253 e. The molecule has 2 aromatic rings. The van der Waals surface area contributed by atoms with Crippen LogP contribution in [0, 0.1) is 10.7 Å². The second-order valence-electron chi connectivity index (χ2n) is 8.29. The molecule has 3 heterocycles. The third-order valence-electron chi connectivity index (χ3n) is 6.01. The Labute approximate surface area is 192 Å². The van der Waals surface area contributed by atoms with E-state index in [0.29, 0.717) is 48.0 Å². The Morgan fingerprint density at radius 2 is 1.87 bits per heavy atom. The number of amides is 1. The molecule has 0 bridgehead atoms. The Bertz CT molecular complexity index is 1120. The molecule has 31 heavy (non-hydrogen) atoms. The molecular formula is C20H26ClN5O3S2. The number of carbonyl (C=O) groups excluding carboxylic acids is 1. The van der Waals surface area contributed by atoms with E-state index in [9.17, 15) is 13.2 Å². The molecule has 0 radical (unpaired) electrons. The average molecular weight is 484 g/mol. The molecule has 1 amide bonds. The highest BCUT2D eigenvalue weighted by atomic mass is 35.5. The van der Waals surface area contributed by atoms with Crippen LogP contribution in [0.5, 0.6) is 0 Å². The van der Waals surface area contributed by atoms with Crippen LogP contribution in [0.15, 0.2) is 24.3 Å². The van der Waals surface area contributed by atoms with Crippen molar-refractivity contribution >= 4 is 39.6 Å². The van der Waals surface area contributed by atoms with Crippen LogP contribution in [-0.4, -0.2) is 76.2 Å².